The van der Waals surface area contributed by atoms with Gasteiger partial charge in [0.1, 0.15) is 12.6 Å². The minimum Gasteiger partial charge on any atom is -0.370 e. The topological polar surface area (TPSA) is 64.4 Å². The van der Waals surface area contributed by atoms with Gasteiger partial charge >= 0.3 is 0 Å². The monoisotopic (exact) mass is 453 g/mol. The van der Waals surface area contributed by atoms with Gasteiger partial charge in [0, 0.05) is 22.6 Å². The molecule has 0 spiro atoms. The van der Waals surface area contributed by atoms with Crippen LogP contribution >= 0.6 is 15.9 Å². The van der Waals surface area contributed by atoms with Gasteiger partial charge in [-0.1, -0.05) is 58.4 Å². The van der Waals surface area contributed by atoms with E-state index in [1.54, 1.807) is 11.0 Å². The number of halogens is 1. The number of hydrogen-bond donors (Lipinski definition) is 0. The quantitative estimate of drug-likeness (QED) is 0.607. The molecule has 29 heavy (non-hydrogen) atoms. The first-order valence-corrected chi connectivity index (χ1v) is 10.2. The molecule has 1 aliphatic rings. The van der Waals surface area contributed by atoms with Crippen LogP contribution in [0.3, 0.4) is 0 Å². The van der Waals surface area contributed by atoms with Gasteiger partial charge in [-0.05, 0) is 23.8 Å². The molecule has 0 radical (unpaired) electrons. The SMILES string of the molecule is O=C(Cn1nc(-c2ccccc2)ccc1=O)N1CCOC(c2ccc(Br)cc2)C1. The molecule has 0 aliphatic carbocycles. The zero-order valence-electron chi connectivity index (χ0n) is 15.7. The lowest BCUT2D eigenvalue weighted by Crippen LogP contribution is -2.44. The molecule has 1 fully saturated rings. The van der Waals surface area contributed by atoms with E-state index in [1.807, 2.05) is 54.6 Å². The summed E-state index contributed by atoms with van der Waals surface area (Å²) in [6.07, 6.45) is -0.180. The average Bonchev–Trinajstić information content (AvgIpc) is 2.76. The van der Waals surface area contributed by atoms with Crippen molar-refractivity contribution in [2.24, 2.45) is 0 Å². The van der Waals surface area contributed by atoms with Gasteiger partial charge in [0.2, 0.25) is 5.91 Å². The number of hydrogen-bond acceptors (Lipinski definition) is 4. The van der Waals surface area contributed by atoms with Crippen LogP contribution in [-0.4, -0.2) is 40.3 Å². The van der Waals surface area contributed by atoms with Crippen molar-refractivity contribution < 1.29 is 9.53 Å². The van der Waals surface area contributed by atoms with E-state index in [-0.39, 0.29) is 24.1 Å². The zero-order valence-corrected chi connectivity index (χ0v) is 17.3. The van der Waals surface area contributed by atoms with E-state index in [9.17, 15) is 9.59 Å². The highest BCUT2D eigenvalue weighted by molar-refractivity contribution is 9.10. The maximum absolute atomic E-state index is 12.9. The van der Waals surface area contributed by atoms with Gasteiger partial charge in [0.25, 0.3) is 5.56 Å². The van der Waals surface area contributed by atoms with Gasteiger partial charge < -0.3 is 9.64 Å². The molecule has 6 nitrogen and oxygen atoms in total. The molecule has 1 unspecified atom stereocenters. The second kappa shape index (κ2) is 8.71. The van der Waals surface area contributed by atoms with Gasteiger partial charge in [-0.2, -0.15) is 5.10 Å². The lowest BCUT2D eigenvalue weighted by atomic mass is 10.1. The first-order valence-electron chi connectivity index (χ1n) is 9.38. The Balaban J connectivity index is 1.49. The number of morpholine rings is 1. The predicted octanol–water partition coefficient (Wildman–Crippen LogP) is 3.27. The van der Waals surface area contributed by atoms with Gasteiger partial charge in [-0.25, -0.2) is 4.68 Å². The summed E-state index contributed by atoms with van der Waals surface area (Å²) in [4.78, 5) is 26.8. The minimum absolute atomic E-state index is 0.0907. The summed E-state index contributed by atoms with van der Waals surface area (Å²) >= 11 is 3.43. The fraction of sp³-hybridized carbons (Fsp3) is 0.227. The van der Waals surface area contributed by atoms with E-state index in [4.69, 9.17) is 4.74 Å². The number of carbonyl (C=O) groups is 1. The van der Waals surface area contributed by atoms with Crippen molar-refractivity contribution in [3.8, 4) is 11.3 Å². The molecule has 1 atom stereocenters. The summed E-state index contributed by atoms with van der Waals surface area (Å²) in [6, 6.07) is 20.6. The molecule has 0 saturated carbocycles. The summed E-state index contributed by atoms with van der Waals surface area (Å²) in [5.74, 6) is -0.143. The van der Waals surface area contributed by atoms with Crippen LogP contribution in [0.4, 0.5) is 0 Å². The van der Waals surface area contributed by atoms with Crippen molar-refractivity contribution in [2.45, 2.75) is 12.6 Å². The van der Waals surface area contributed by atoms with E-state index < -0.39 is 0 Å². The van der Waals surface area contributed by atoms with Crippen molar-refractivity contribution in [2.75, 3.05) is 19.7 Å². The number of ether oxygens (including phenoxy) is 1. The summed E-state index contributed by atoms with van der Waals surface area (Å²) in [5.41, 5.74) is 2.28. The highest BCUT2D eigenvalue weighted by atomic mass is 79.9. The molecular weight excluding hydrogens is 434 g/mol. The lowest BCUT2D eigenvalue weighted by Gasteiger charge is -2.33. The van der Waals surface area contributed by atoms with Crippen molar-refractivity contribution in [3.63, 3.8) is 0 Å². The smallest absolute Gasteiger partial charge is 0.267 e. The summed E-state index contributed by atoms with van der Waals surface area (Å²) < 4.78 is 8.07. The van der Waals surface area contributed by atoms with Gasteiger partial charge in [0.05, 0.1) is 18.8 Å². The predicted molar refractivity (Wildman–Crippen MR) is 113 cm³/mol. The molecule has 0 N–H and O–H groups in total. The van der Waals surface area contributed by atoms with Gasteiger partial charge in [0.15, 0.2) is 0 Å². The Morgan fingerprint density at radius 1 is 1.07 bits per heavy atom. The zero-order chi connectivity index (χ0) is 20.2. The average molecular weight is 454 g/mol. The number of benzene rings is 2. The van der Waals surface area contributed by atoms with Crippen LogP contribution in [0, 0.1) is 0 Å². The summed E-state index contributed by atoms with van der Waals surface area (Å²) in [6.45, 7) is 1.32. The first-order chi connectivity index (χ1) is 14.1. The maximum atomic E-state index is 12.9. The van der Waals surface area contributed by atoms with Crippen LogP contribution in [-0.2, 0) is 16.1 Å². The molecule has 1 aromatic heterocycles. The number of amides is 1. The van der Waals surface area contributed by atoms with Crippen molar-refractivity contribution in [1.82, 2.24) is 14.7 Å². The Kier molecular flexibility index (Phi) is 5.87. The van der Waals surface area contributed by atoms with Crippen molar-refractivity contribution >= 4 is 21.8 Å². The van der Waals surface area contributed by atoms with Crippen LogP contribution in [0.5, 0.6) is 0 Å². The van der Waals surface area contributed by atoms with Gasteiger partial charge in [-0.15, -0.1) is 0 Å². The fourth-order valence-corrected chi connectivity index (χ4v) is 3.57. The molecule has 1 amide bonds. The van der Waals surface area contributed by atoms with Crippen molar-refractivity contribution in [3.05, 3.63) is 87.1 Å². The molecule has 2 heterocycles. The van der Waals surface area contributed by atoms with E-state index >= 15 is 0 Å². The number of rotatable bonds is 4. The third-order valence-corrected chi connectivity index (χ3v) is 5.41. The minimum atomic E-state index is -0.296. The standard InChI is InChI=1S/C22H20BrN3O3/c23-18-8-6-17(7-9-18)20-14-25(12-13-29-20)22(28)15-26-21(27)11-10-19(24-26)16-4-2-1-3-5-16/h1-11,20H,12-15H2. The first kappa shape index (κ1) is 19.5. The van der Waals surface area contributed by atoms with Crippen LogP contribution in [0.15, 0.2) is 76.0 Å². The Labute approximate surface area is 176 Å². The normalized spacial score (nSPS) is 16.6. The van der Waals surface area contributed by atoms with E-state index in [1.165, 1.54) is 10.7 Å². The largest absolute Gasteiger partial charge is 0.370 e. The highest BCUT2D eigenvalue weighted by Crippen LogP contribution is 2.24. The summed E-state index contributed by atoms with van der Waals surface area (Å²) in [5, 5.41) is 4.38. The number of carbonyl (C=O) groups excluding carboxylic acids is 1. The van der Waals surface area contributed by atoms with E-state index in [0.717, 1.165) is 15.6 Å². The van der Waals surface area contributed by atoms with Crippen molar-refractivity contribution in [1.29, 1.82) is 0 Å². The third-order valence-electron chi connectivity index (χ3n) is 4.88. The number of nitrogens with zero attached hydrogens (tertiary/aromatic N) is 3. The second-order valence-corrected chi connectivity index (χ2v) is 7.75. The molecule has 1 saturated heterocycles. The van der Waals surface area contributed by atoms with E-state index in [2.05, 4.69) is 21.0 Å². The highest BCUT2D eigenvalue weighted by Gasteiger charge is 2.26. The molecule has 0 bridgehead atoms. The molecule has 4 rings (SSSR count). The summed E-state index contributed by atoms with van der Waals surface area (Å²) in [7, 11) is 0. The molecule has 1 aliphatic heterocycles. The second-order valence-electron chi connectivity index (χ2n) is 6.83. The third kappa shape index (κ3) is 4.63. The Hall–Kier alpha value is -2.77. The molecule has 2 aromatic carbocycles. The number of aromatic nitrogens is 2. The van der Waals surface area contributed by atoms with Gasteiger partial charge in [-0.3, -0.25) is 9.59 Å². The van der Waals surface area contributed by atoms with Crippen LogP contribution in [0.2, 0.25) is 0 Å². The Morgan fingerprint density at radius 2 is 1.83 bits per heavy atom. The molecular formula is C22H20BrN3O3. The Morgan fingerprint density at radius 3 is 2.59 bits per heavy atom. The van der Waals surface area contributed by atoms with E-state index in [0.29, 0.717) is 25.4 Å². The molecule has 148 valence electrons. The van der Waals surface area contributed by atoms with Crippen LogP contribution in [0.25, 0.3) is 11.3 Å². The fourth-order valence-electron chi connectivity index (χ4n) is 3.31. The molecule has 3 aromatic rings. The van der Waals surface area contributed by atoms with Crippen LogP contribution in [0.1, 0.15) is 11.7 Å². The molecule has 7 heteroatoms. The maximum Gasteiger partial charge on any atom is 0.267 e. The lowest BCUT2D eigenvalue weighted by molar-refractivity contribution is -0.139. The Bertz CT molecular complexity index is 1050. The van der Waals surface area contributed by atoms with Crippen LogP contribution < -0.4 is 5.56 Å².